The van der Waals surface area contributed by atoms with Gasteiger partial charge in [0.2, 0.25) is 0 Å². The number of para-hydroxylation sites is 1. The van der Waals surface area contributed by atoms with Gasteiger partial charge in [-0.05, 0) is 62.3 Å². The number of thiocarbonyl (C=S) groups is 1. The number of nitrogens with one attached hydrogen (secondary N) is 1. The predicted molar refractivity (Wildman–Crippen MR) is 136 cm³/mol. The molecule has 2 aromatic carbocycles. The van der Waals surface area contributed by atoms with Crippen LogP contribution in [0.15, 0.2) is 52.9 Å². The molecule has 1 atom stereocenters. The molecule has 0 unspecified atom stereocenters. The molecule has 0 saturated carbocycles. The van der Waals surface area contributed by atoms with E-state index in [-0.39, 0.29) is 6.04 Å². The maximum absolute atomic E-state index is 6.46. The average Bonchev–Trinajstić information content (AvgIpc) is 3.23. The van der Waals surface area contributed by atoms with Crippen molar-refractivity contribution in [3.63, 3.8) is 0 Å². The number of nitrogens with zero attached hydrogens (tertiary/aromatic N) is 2. The Balaban J connectivity index is 1.51. The molecule has 2 heterocycles. The van der Waals surface area contributed by atoms with Crippen LogP contribution in [-0.4, -0.2) is 54.3 Å². The van der Waals surface area contributed by atoms with Gasteiger partial charge >= 0.3 is 0 Å². The lowest BCUT2D eigenvalue weighted by molar-refractivity contribution is 0.0365. The minimum Gasteiger partial charge on any atom is -0.459 e. The summed E-state index contributed by atoms with van der Waals surface area (Å²) in [5, 5.41) is 5.77. The topological polar surface area (TPSA) is 40.9 Å². The van der Waals surface area contributed by atoms with Gasteiger partial charge in [-0.1, -0.05) is 35.9 Å². The summed E-state index contributed by atoms with van der Waals surface area (Å²) in [6.45, 7) is 9.58. The van der Waals surface area contributed by atoms with Gasteiger partial charge in [-0.3, -0.25) is 4.90 Å². The van der Waals surface area contributed by atoms with Crippen LogP contribution in [0.2, 0.25) is 5.02 Å². The number of aryl methyl sites for hydroxylation is 1. The fourth-order valence-electron chi connectivity index (χ4n) is 4.03. The summed E-state index contributed by atoms with van der Waals surface area (Å²) in [5.74, 6) is 0.900. The van der Waals surface area contributed by atoms with Crippen LogP contribution in [0.25, 0.3) is 11.0 Å². The Morgan fingerprint density at radius 2 is 1.97 bits per heavy atom. The molecule has 0 amide bonds. The summed E-state index contributed by atoms with van der Waals surface area (Å²) < 4.78 is 11.6. The van der Waals surface area contributed by atoms with E-state index < -0.39 is 0 Å². The maximum atomic E-state index is 6.46. The van der Waals surface area contributed by atoms with Crippen molar-refractivity contribution in [2.24, 2.45) is 0 Å². The molecule has 4 rings (SSSR count). The zero-order valence-corrected chi connectivity index (χ0v) is 20.2. The first-order valence-corrected chi connectivity index (χ1v) is 11.9. The van der Waals surface area contributed by atoms with Crippen LogP contribution in [-0.2, 0) is 4.74 Å². The lowest BCUT2D eigenvalue weighted by Crippen LogP contribution is -2.41. The summed E-state index contributed by atoms with van der Waals surface area (Å²) in [6.07, 6.45) is 0.994. The Bertz CT molecular complexity index is 1030. The molecule has 1 aliphatic heterocycles. The highest BCUT2D eigenvalue weighted by molar-refractivity contribution is 7.80. The van der Waals surface area contributed by atoms with Crippen molar-refractivity contribution in [3.8, 4) is 0 Å². The number of halogens is 1. The van der Waals surface area contributed by atoms with Gasteiger partial charge in [0.25, 0.3) is 0 Å². The third kappa shape index (κ3) is 5.62. The van der Waals surface area contributed by atoms with Gasteiger partial charge in [0, 0.05) is 31.6 Å². The van der Waals surface area contributed by atoms with Gasteiger partial charge in [0.15, 0.2) is 5.11 Å². The molecule has 3 aromatic rings. The van der Waals surface area contributed by atoms with Gasteiger partial charge in [0.05, 0.1) is 30.0 Å². The minimum atomic E-state index is -0.0173. The first-order chi connectivity index (χ1) is 15.5. The molecule has 5 nitrogen and oxygen atoms in total. The van der Waals surface area contributed by atoms with E-state index in [0.717, 1.165) is 73.8 Å². The minimum absolute atomic E-state index is 0.0173. The molecule has 0 radical (unpaired) electrons. The number of ether oxygens (including phenoxy) is 1. The zero-order valence-electron chi connectivity index (χ0n) is 18.6. The fraction of sp³-hybridized carbons (Fsp3) is 0.400. The van der Waals surface area contributed by atoms with Crippen LogP contribution in [0.3, 0.4) is 0 Å². The van der Waals surface area contributed by atoms with E-state index in [1.54, 1.807) is 0 Å². The van der Waals surface area contributed by atoms with E-state index in [0.29, 0.717) is 10.1 Å². The number of fused-ring (bicyclic) bond motifs is 1. The average molecular weight is 472 g/mol. The number of hydrogen-bond acceptors (Lipinski definition) is 4. The number of hydrogen-bond donors (Lipinski definition) is 1. The molecule has 7 heteroatoms. The maximum Gasteiger partial charge on any atom is 0.174 e. The van der Waals surface area contributed by atoms with Crippen LogP contribution in [0.1, 0.15) is 30.7 Å². The molecule has 0 aliphatic carbocycles. The van der Waals surface area contributed by atoms with E-state index in [9.17, 15) is 0 Å². The SMILES string of the molecule is Cc1ccc(NC(=S)N(CCCN2CCOCC2)[C@@H](C)c2cc3ccccc3o2)c(Cl)c1. The van der Waals surface area contributed by atoms with E-state index in [1.807, 2.05) is 43.3 Å². The van der Waals surface area contributed by atoms with Gasteiger partial charge in [-0.25, -0.2) is 0 Å². The van der Waals surface area contributed by atoms with Crippen molar-refractivity contribution in [1.29, 1.82) is 0 Å². The van der Waals surface area contributed by atoms with E-state index >= 15 is 0 Å². The summed E-state index contributed by atoms with van der Waals surface area (Å²) in [7, 11) is 0. The first kappa shape index (κ1) is 23.1. The molecule has 32 heavy (non-hydrogen) atoms. The number of benzene rings is 2. The molecular formula is C25H30ClN3O2S. The third-order valence-electron chi connectivity index (χ3n) is 5.93. The number of morpholine rings is 1. The van der Waals surface area contributed by atoms with E-state index in [2.05, 4.69) is 34.2 Å². The molecule has 170 valence electrons. The van der Waals surface area contributed by atoms with Crippen LogP contribution in [0.4, 0.5) is 5.69 Å². The van der Waals surface area contributed by atoms with Crippen LogP contribution in [0, 0.1) is 6.92 Å². The van der Waals surface area contributed by atoms with Gasteiger partial charge < -0.3 is 19.4 Å². The van der Waals surface area contributed by atoms with Gasteiger partial charge in [-0.15, -0.1) is 0 Å². The molecule has 1 N–H and O–H groups in total. The predicted octanol–water partition coefficient (Wildman–Crippen LogP) is 5.88. The normalized spacial score (nSPS) is 15.6. The number of anilines is 1. The van der Waals surface area contributed by atoms with Crippen molar-refractivity contribution < 1.29 is 9.15 Å². The second-order valence-corrected chi connectivity index (χ2v) is 9.07. The summed E-state index contributed by atoms with van der Waals surface area (Å²) in [4.78, 5) is 4.64. The highest BCUT2D eigenvalue weighted by Gasteiger charge is 2.23. The highest BCUT2D eigenvalue weighted by Crippen LogP contribution is 2.29. The van der Waals surface area contributed by atoms with Crippen molar-refractivity contribution in [1.82, 2.24) is 9.80 Å². The largest absolute Gasteiger partial charge is 0.459 e. The molecular weight excluding hydrogens is 442 g/mol. The standard InChI is InChI=1S/C25H30ClN3O2S/c1-18-8-9-22(21(26)16-18)27-25(32)29(11-5-10-28-12-14-30-15-13-28)19(2)24-17-20-6-3-4-7-23(20)31-24/h3-4,6-9,16-17,19H,5,10-15H2,1-2H3,(H,27,32)/t19-/m0/s1. The van der Waals surface area contributed by atoms with E-state index in [1.165, 1.54) is 0 Å². The zero-order chi connectivity index (χ0) is 22.5. The van der Waals surface area contributed by atoms with Crippen molar-refractivity contribution in [2.45, 2.75) is 26.3 Å². The lowest BCUT2D eigenvalue weighted by atomic mass is 10.2. The lowest BCUT2D eigenvalue weighted by Gasteiger charge is -2.32. The Labute approximate surface area is 200 Å². The third-order valence-corrected chi connectivity index (χ3v) is 6.58. The molecule has 0 spiro atoms. The van der Waals surface area contributed by atoms with Crippen LogP contribution < -0.4 is 5.32 Å². The smallest absolute Gasteiger partial charge is 0.174 e. The van der Waals surface area contributed by atoms with Crippen LogP contribution in [0.5, 0.6) is 0 Å². The molecule has 1 fully saturated rings. The monoisotopic (exact) mass is 471 g/mol. The van der Waals surface area contributed by atoms with E-state index in [4.69, 9.17) is 33.0 Å². The molecule has 1 saturated heterocycles. The Kier molecular flexibility index (Phi) is 7.68. The Morgan fingerprint density at radius 1 is 1.19 bits per heavy atom. The quantitative estimate of drug-likeness (QED) is 0.434. The van der Waals surface area contributed by atoms with Crippen molar-refractivity contribution >= 4 is 45.6 Å². The first-order valence-electron chi connectivity index (χ1n) is 11.1. The second-order valence-electron chi connectivity index (χ2n) is 8.28. The Morgan fingerprint density at radius 3 is 2.72 bits per heavy atom. The summed E-state index contributed by atoms with van der Waals surface area (Å²) >= 11 is 12.3. The molecule has 0 bridgehead atoms. The highest BCUT2D eigenvalue weighted by atomic mass is 35.5. The van der Waals surface area contributed by atoms with Gasteiger partial charge in [0.1, 0.15) is 11.3 Å². The summed E-state index contributed by atoms with van der Waals surface area (Å²) in [5.41, 5.74) is 2.82. The van der Waals surface area contributed by atoms with Crippen molar-refractivity contribution in [3.05, 3.63) is 64.9 Å². The Hall–Kier alpha value is -2.12. The fourth-order valence-corrected chi connectivity index (χ4v) is 4.67. The number of rotatable bonds is 7. The van der Waals surface area contributed by atoms with Gasteiger partial charge in [-0.2, -0.15) is 0 Å². The van der Waals surface area contributed by atoms with Crippen LogP contribution >= 0.6 is 23.8 Å². The number of furan rings is 1. The molecule has 1 aliphatic rings. The second kappa shape index (κ2) is 10.7. The molecule has 1 aromatic heterocycles. The summed E-state index contributed by atoms with van der Waals surface area (Å²) in [6, 6.07) is 16.1. The van der Waals surface area contributed by atoms with Crippen molar-refractivity contribution in [2.75, 3.05) is 44.7 Å².